The van der Waals surface area contributed by atoms with Gasteiger partial charge in [0.25, 0.3) is 0 Å². The van der Waals surface area contributed by atoms with E-state index in [1.54, 1.807) is 6.92 Å². The van der Waals surface area contributed by atoms with E-state index in [0.717, 1.165) is 53.9 Å². The third kappa shape index (κ3) is 9.98. The Hall–Kier alpha value is -1.71. The van der Waals surface area contributed by atoms with Crippen LogP contribution in [0.3, 0.4) is 0 Å². The van der Waals surface area contributed by atoms with Crippen LogP contribution in [0.5, 0.6) is 11.5 Å². The van der Waals surface area contributed by atoms with E-state index in [2.05, 4.69) is 27.7 Å². The summed E-state index contributed by atoms with van der Waals surface area (Å²) in [5.41, 5.74) is 2.16. The van der Waals surface area contributed by atoms with Crippen LogP contribution in [0.4, 0.5) is 0 Å². The van der Waals surface area contributed by atoms with Crippen molar-refractivity contribution in [2.24, 2.45) is 17.8 Å². The Kier molecular flexibility index (Phi) is 11.6. The molecule has 1 N–H and O–H groups in total. The van der Waals surface area contributed by atoms with Crippen LogP contribution in [0.2, 0.25) is 0 Å². The topological polar surface area (TPSA) is 55.8 Å². The molecule has 0 bridgehead atoms. The van der Waals surface area contributed by atoms with Gasteiger partial charge in [-0.15, -0.1) is 0 Å². The smallest absolute Gasteiger partial charge is 0.344 e. The summed E-state index contributed by atoms with van der Waals surface area (Å²) < 4.78 is 11.9. The fraction of sp³-hybridized carbons (Fsp3) is 0.759. The zero-order valence-electron chi connectivity index (χ0n) is 22.0. The summed E-state index contributed by atoms with van der Waals surface area (Å²) in [6.45, 7) is 13.0. The number of carboxylic acids is 1. The zero-order chi connectivity index (χ0) is 24.4. The van der Waals surface area contributed by atoms with Gasteiger partial charge in [-0.3, -0.25) is 0 Å². The van der Waals surface area contributed by atoms with Gasteiger partial charge in [0.2, 0.25) is 0 Å². The summed E-state index contributed by atoms with van der Waals surface area (Å²) in [6.07, 6.45) is 13.3. The number of fused-ring (bicyclic) bond motifs is 1. The molecule has 4 atom stereocenters. The molecule has 0 radical (unpaired) electrons. The van der Waals surface area contributed by atoms with Gasteiger partial charge in [0.15, 0.2) is 6.10 Å². The third-order valence-corrected chi connectivity index (χ3v) is 7.10. The molecule has 0 spiro atoms. The summed E-state index contributed by atoms with van der Waals surface area (Å²) in [5.74, 6) is 3.14. The largest absolute Gasteiger partial charge is 0.490 e. The summed E-state index contributed by atoms with van der Waals surface area (Å²) in [6, 6.07) is 3.84. The molecule has 33 heavy (non-hydrogen) atoms. The molecule has 188 valence electrons. The molecule has 1 aliphatic rings. The monoisotopic (exact) mass is 460 g/mol. The molecule has 0 saturated heterocycles. The molecule has 0 aromatic heterocycles. The van der Waals surface area contributed by atoms with Gasteiger partial charge < -0.3 is 14.6 Å². The number of aliphatic carboxylic acids is 1. The SMILES string of the molecule is Cc1cc(OC(C)C(=O)O)cc2c1O[C@H](CCC[C@H](C)CCC[C@H](C)CCCC(C)C)CC2. The lowest BCUT2D eigenvalue weighted by Crippen LogP contribution is -2.25. The minimum absolute atomic E-state index is 0.286. The molecule has 0 fully saturated rings. The fourth-order valence-corrected chi connectivity index (χ4v) is 4.91. The predicted molar refractivity (Wildman–Crippen MR) is 136 cm³/mol. The zero-order valence-corrected chi connectivity index (χ0v) is 22.0. The molecule has 4 nitrogen and oxygen atoms in total. The molecular weight excluding hydrogens is 412 g/mol. The van der Waals surface area contributed by atoms with Gasteiger partial charge >= 0.3 is 5.97 Å². The Balaban J connectivity index is 1.67. The summed E-state index contributed by atoms with van der Waals surface area (Å²) in [4.78, 5) is 11.1. The van der Waals surface area contributed by atoms with Crippen molar-refractivity contribution in [1.82, 2.24) is 0 Å². The molecule has 0 amide bonds. The Bertz CT molecular complexity index is 727. The number of aryl methyl sites for hydroxylation is 2. The Morgan fingerprint density at radius 3 is 2.21 bits per heavy atom. The van der Waals surface area contributed by atoms with Gasteiger partial charge in [0, 0.05) is 0 Å². The van der Waals surface area contributed by atoms with Crippen molar-refractivity contribution in [3.05, 3.63) is 23.3 Å². The molecule has 0 aliphatic carbocycles. The standard InChI is InChI=1S/C29H48O4/c1-20(2)10-7-11-21(3)12-8-13-22(4)14-9-15-26-17-16-25-19-27(32-24(6)29(30)31)18-23(5)28(25)33-26/h18-22,24,26H,7-17H2,1-6H3,(H,30,31)/t21-,22-,24?,26-/m1/s1. The molecular formula is C29H48O4. The molecule has 1 aliphatic heterocycles. The lowest BCUT2D eigenvalue weighted by Gasteiger charge is -2.28. The average molecular weight is 461 g/mol. The van der Waals surface area contributed by atoms with Gasteiger partial charge in [0.05, 0.1) is 6.10 Å². The molecule has 4 heteroatoms. The fourth-order valence-electron chi connectivity index (χ4n) is 4.91. The van der Waals surface area contributed by atoms with Crippen LogP contribution in [0.15, 0.2) is 12.1 Å². The summed E-state index contributed by atoms with van der Waals surface area (Å²) >= 11 is 0. The van der Waals surface area contributed by atoms with Gasteiger partial charge in [-0.1, -0.05) is 72.6 Å². The van der Waals surface area contributed by atoms with E-state index in [1.165, 1.54) is 51.4 Å². The van der Waals surface area contributed by atoms with Gasteiger partial charge in [-0.25, -0.2) is 4.79 Å². The van der Waals surface area contributed by atoms with Crippen molar-refractivity contribution in [2.45, 2.75) is 124 Å². The Morgan fingerprint density at radius 1 is 1.00 bits per heavy atom. The van der Waals surface area contributed by atoms with Crippen LogP contribution in [0.1, 0.15) is 110 Å². The van der Waals surface area contributed by atoms with Crippen molar-refractivity contribution in [3.8, 4) is 11.5 Å². The van der Waals surface area contributed by atoms with E-state index < -0.39 is 12.1 Å². The van der Waals surface area contributed by atoms with Crippen LogP contribution < -0.4 is 9.47 Å². The van der Waals surface area contributed by atoms with Crippen molar-refractivity contribution < 1.29 is 19.4 Å². The highest BCUT2D eigenvalue weighted by molar-refractivity contribution is 5.72. The van der Waals surface area contributed by atoms with Gasteiger partial charge in [0.1, 0.15) is 11.5 Å². The molecule has 0 saturated carbocycles. The highest BCUT2D eigenvalue weighted by atomic mass is 16.5. The number of hydrogen-bond donors (Lipinski definition) is 1. The lowest BCUT2D eigenvalue weighted by atomic mass is 9.91. The molecule has 1 heterocycles. The van der Waals surface area contributed by atoms with Crippen molar-refractivity contribution in [2.75, 3.05) is 0 Å². The maximum absolute atomic E-state index is 11.1. The second kappa shape index (κ2) is 13.9. The number of carbonyl (C=O) groups is 1. The van der Waals surface area contributed by atoms with E-state index in [4.69, 9.17) is 14.6 Å². The molecule has 2 rings (SSSR count). The average Bonchev–Trinajstić information content (AvgIpc) is 2.73. The Morgan fingerprint density at radius 2 is 1.61 bits per heavy atom. The first kappa shape index (κ1) is 27.5. The van der Waals surface area contributed by atoms with E-state index in [1.807, 2.05) is 19.1 Å². The maximum Gasteiger partial charge on any atom is 0.344 e. The van der Waals surface area contributed by atoms with Crippen LogP contribution in [0, 0.1) is 24.7 Å². The van der Waals surface area contributed by atoms with E-state index in [0.29, 0.717) is 5.75 Å². The molecule has 1 aromatic rings. The Labute approximate surface area is 202 Å². The normalized spacial score (nSPS) is 18.3. The first-order valence-corrected chi connectivity index (χ1v) is 13.3. The summed E-state index contributed by atoms with van der Waals surface area (Å²) in [5, 5.41) is 9.08. The van der Waals surface area contributed by atoms with Gasteiger partial charge in [-0.05, 0) is 80.5 Å². The summed E-state index contributed by atoms with van der Waals surface area (Å²) in [7, 11) is 0. The van der Waals surface area contributed by atoms with E-state index in [-0.39, 0.29) is 6.10 Å². The predicted octanol–water partition coefficient (Wildman–Crippen LogP) is 7.98. The number of carboxylic acid groups (broad SMARTS) is 1. The van der Waals surface area contributed by atoms with Crippen LogP contribution in [-0.2, 0) is 11.2 Å². The number of benzene rings is 1. The highest BCUT2D eigenvalue weighted by Crippen LogP contribution is 2.36. The molecule has 1 aromatic carbocycles. The van der Waals surface area contributed by atoms with Crippen LogP contribution in [-0.4, -0.2) is 23.3 Å². The number of rotatable bonds is 15. The van der Waals surface area contributed by atoms with Crippen molar-refractivity contribution >= 4 is 5.97 Å². The maximum atomic E-state index is 11.1. The van der Waals surface area contributed by atoms with Crippen molar-refractivity contribution in [3.63, 3.8) is 0 Å². The van der Waals surface area contributed by atoms with Crippen LogP contribution in [0.25, 0.3) is 0 Å². The second-order valence-electron chi connectivity index (χ2n) is 11.0. The lowest BCUT2D eigenvalue weighted by molar-refractivity contribution is -0.144. The number of hydrogen-bond acceptors (Lipinski definition) is 3. The molecule has 1 unspecified atom stereocenters. The first-order chi connectivity index (χ1) is 15.7. The number of ether oxygens (including phenoxy) is 2. The van der Waals surface area contributed by atoms with E-state index >= 15 is 0 Å². The van der Waals surface area contributed by atoms with Crippen molar-refractivity contribution in [1.29, 1.82) is 0 Å². The van der Waals surface area contributed by atoms with E-state index in [9.17, 15) is 4.79 Å². The second-order valence-corrected chi connectivity index (χ2v) is 11.0. The van der Waals surface area contributed by atoms with Crippen LogP contribution >= 0.6 is 0 Å². The minimum atomic E-state index is -0.952. The third-order valence-electron chi connectivity index (χ3n) is 7.10. The quantitative estimate of drug-likeness (QED) is 0.288. The minimum Gasteiger partial charge on any atom is -0.490 e. The highest BCUT2D eigenvalue weighted by Gasteiger charge is 2.23. The van der Waals surface area contributed by atoms with Gasteiger partial charge in [-0.2, -0.15) is 0 Å². The first-order valence-electron chi connectivity index (χ1n) is 13.3.